The average Bonchev–Trinajstić information content (AvgIpc) is 2.14. The van der Waals surface area contributed by atoms with Crippen LogP contribution >= 0.6 is 0 Å². The smallest absolute Gasteiger partial charge is 0.0169 e. The van der Waals surface area contributed by atoms with Crippen molar-refractivity contribution in [3.63, 3.8) is 0 Å². The number of unbranched alkanes of at least 4 members (excludes halogenated alkanes) is 2. The predicted molar refractivity (Wildman–Crippen MR) is 71.1 cm³/mol. The van der Waals surface area contributed by atoms with Gasteiger partial charge in [-0.25, -0.2) is 0 Å². The molecule has 0 saturated carbocycles. The van der Waals surface area contributed by atoms with Crippen molar-refractivity contribution >= 4 is 0 Å². The number of allylic oxidation sites excluding steroid dienone is 4. The standard InChI is InChI=1S/C15H28/c1-5-6-7-8-9-10-11-12-13-14-15(2,3)4/h6-7,9-10H,5,8,11-14H2,1-4H3/b7-6-,10-9-. The molecule has 0 aliphatic carbocycles. The third kappa shape index (κ3) is 13.5. The van der Waals surface area contributed by atoms with Crippen molar-refractivity contribution < 1.29 is 0 Å². The van der Waals surface area contributed by atoms with Gasteiger partial charge in [-0.1, -0.05) is 58.4 Å². The molecule has 0 radical (unpaired) electrons. The van der Waals surface area contributed by atoms with Crippen molar-refractivity contribution in [3.05, 3.63) is 24.3 Å². The van der Waals surface area contributed by atoms with Gasteiger partial charge in [0.15, 0.2) is 0 Å². The van der Waals surface area contributed by atoms with Gasteiger partial charge in [0.1, 0.15) is 0 Å². The molecule has 0 fully saturated rings. The van der Waals surface area contributed by atoms with E-state index in [4.69, 9.17) is 0 Å². The van der Waals surface area contributed by atoms with E-state index in [0.717, 1.165) is 12.8 Å². The lowest BCUT2D eigenvalue weighted by Gasteiger charge is -2.16. The molecule has 0 heterocycles. The molecule has 0 rings (SSSR count). The summed E-state index contributed by atoms with van der Waals surface area (Å²) in [6, 6.07) is 0. The first-order chi connectivity index (χ1) is 7.06. The molecule has 0 heteroatoms. The highest BCUT2D eigenvalue weighted by atomic mass is 14.1. The van der Waals surface area contributed by atoms with Crippen molar-refractivity contribution in [2.75, 3.05) is 0 Å². The second-order valence-electron chi connectivity index (χ2n) is 5.39. The van der Waals surface area contributed by atoms with Gasteiger partial charge in [0, 0.05) is 0 Å². The molecule has 0 aliphatic rings. The lowest BCUT2D eigenvalue weighted by molar-refractivity contribution is 0.361. The van der Waals surface area contributed by atoms with Crippen LogP contribution in [0.15, 0.2) is 24.3 Å². The molecule has 0 aromatic heterocycles. The van der Waals surface area contributed by atoms with E-state index < -0.39 is 0 Å². The first-order valence-corrected chi connectivity index (χ1v) is 6.36. The molecule has 0 spiro atoms. The topological polar surface area (TPSA) is 0 Å². The quantitative estimate of drug-likeness (QED) is 0.382. The summed E-state index contributed by atoms with van der Waals surface area (Å²) in [5.74, 6) is 0. The van der Waals surface area contributed by atoms with Gasteiger partial charge in [-0.3, -0.25) is 0 Å². The zero-order valence-corrected chi connectivity index (χ0v) is 11.1. The minimum Gasteiger partial charge on any atom is -0.0885 e. The first kappa shape index (κ1) is 14.5. The summed E-state index contributed by atoms with van der Waals surface area (Å²) in [5, 5.41) is 0. The Labute approximate surface area is 96.5 Å². The predicted octanol–water partition coefficient (Wildman–Crippen LogP) is 5.51. The van der Waals surface area contributed by atoms with Crippen LogP contribution in [0.25, 0.3) is 0 Å². The molecular formula is C15H28. The van der Waals surface area contributed by atoms with E-state index >= 15 is 0 Å². The van der Waals surface area contributed by atoms with Crippen molar-refractivity contribution in [1.82, 2.24) is 0 Å². The van der Waals surface area contributed by atoms with Gasteiger partial charge in [0.05, 0.1) is 0 Å². The van der Waals surface area contributed by atoms with Crippen LogP contribution < -0.4 is 0 Å². The van der Waals surface area contributed by atoms with Gasteiger partial charge >= 0.3 is 0 Å². The Bertz CT molecular complexity index is 179. The highest BCUT2D eigenvalue weighted by molar-refractivity contribution is 4.92. The van der Waals surface area contributed by atoms with Crippen LogP contribution in [0, 0.1) is 5.41 Å². The van der Waals surface area contributed by atoms with Crippen LogP contribution in [-0.2, 0) is 0 Å². The lowest BCUT2D eigenvalue weighted by atomic mass is 9.89. The minimum absolute atomic E-state index is 0.508. The Balaban J connectivity index is 3.27. The molecule has 0 bridgehead atoms. The zero-order chi connectivity index (χ0) is 11.6. The molecule has 0 aromatic rings. The monoisotopic (exact) mass is 208 g/mol. The van der Waals surface area contributed by atoms with Crippen LogP contribution in [0.4, 0.5) is 0 Å². The summed E-state index contributed by atoms with van der Waals surface area (Å²) in [4.78, 5) is 0. The van der Waals surface area contributed by atoms with Gasteiger partial charge in [-0.15, -0.1) is 0 Å². The van der Waals surface area contributed by atoms with Crippen molar-refractivity contribution in [1.29, 1.82) is 0 Å². The number of hydrogen-bond donors (Lipinski definition) is 0. The zero-order valence-electron chi connectivity index (χ0n) is 11.1. The van der Waals surface area contributed by atoms with Gasteiger partial charge in [-0.2, -0.15) is 0 Å². The molecule has 0 amide bonds. The Hall–Kier alpha value is -0.520. The largest absolute Gasteiger partial charge is 0.0885 e. The van der Waals surface area contributed by atoms with E-state index in [9.17, 15) is 0 Å². The molecule has 0 aliphatic heterocycles. The van der Waals surface area contributed by atoms with E-state index in [2.05, 4.69) is 52.0 Å². The van der Waals surface area contributed by atoms with E-state index in [0.29, 0.717) is 5.41 Å². The molecule has 0 atom stereocenters. The number of hydrogen-bond acceptors (Lipinski definition) is 0. The summed E-state index contributed by atoms with van der Waals surface area (Å²) in [7, 11) is 0. The Morgan fingerprint density at radius 1 is 0.867 bits per heavy atom. The van der Waals surface area contributed by atoms with E-state index in [-0.39, 0.29) is 0 Å². The maximum absolute atomic E-state index is 2.32. The van der Waals surface area contributed by atoms with Crippen LogP contribution in [0.5, 0.6) is 0 Å². The second kappa shape index (κ2) is 8.76. The third-order valence-corrected chi connectivity index (χ3v) is 2.39. The fraction of sp³-hybridized carbons (Fsp3) is 0.733. The Morgan fingerprint density at radius 2 is 1.53 bits per heavy atom. The van der Waals surface area contributed by atoms with Crippen LogP contribution in [0.2, 0.25) is 0 Å². The number of rotatable bonds is 7. The molecule has 0 N–H and O–H groups in total. The second-order valence-corrected chi connectivity index (χ2v) is 5.39. The molecule has 0 saturated heterocycles. The maximum atomic E-state index is 2.32. The molecule has 88 valence electrons. The van der Waals surface area contributed by atoms with E-state index in [1.165, 1.54) is 25.7 Å². The summed E-state index contributed by atoms with van der Waals surface area (Å²) >= 11 is 0. The molecule has 0 aromatic carbocycles. The molecular weight excluding hydrogens is 180 g/mol. The van der Waals surface area contributed by atoms with Gasteiger partial charge in [0.25, 0.3) is 0 Å². The van der Waals surface area contributed by atoms with Crippen LogP contribution in [0.3, 0.4) is 0 Å². The maximum Gasteiger partial charge on any atom is -0.0169 e. The van der Waals surface area contributed by atoms with Crippen molar-refractivity contribution in [2.24, 2.45) is 5.41 Å². The lowest BCUT2D eigenvalue weighted by Crippen LogP contribution is -2.03. The summed E-state index contributed by atoms with van der Waals surface area (Å²) < 4.78 is 0. The van der Waals surface area contributed by atoms with Gasteiger partial charge < -0.3 is 0 Å². The van der Waals surface area contributed by atoms with Gasteiger partial charge in [-0.05, 0) is 37.5 Å². The third-order valence-electron chi connectivity index (χ3n) is 2.39. The van der Waals surface area contributed by atoms with Gasteiger partial charge in [0.2, 0.25) is 0 Å². The highest BCUT2D eigenvalue weighted by Crippen LogP contribution is 2.21. The average molecular weight is 208 g/mol. The summed E-state index contributed by atoms with van der Waals surface area (Å²) in [6.45, 7) is 9.13. The highest BCUT2D eigenvalue weighted by Gasteiger charge is 2.07. The summed E-state index contributed by atoms with van der Waals surface area (Å²) in [5.41, 5.74) is 0.508. The minimum atomic E-state index is 0.508. The van der Waals surface area contributed by atoms with Crippen LogP contribution in [0.1, 0.15) is 66.2 Å². The van der Waals surface area contributed by atoms with Crippen molar-refractivity contribution in [3.8, 4) is 0 Å². The Kier molecular flexibility index (Phi) is 8.46. The molecule has 0 nitrogen and oxygen atoms in total. The Morgan fingerprint density at radius 3 is 2.13 bits per heavy atom. The first-order valence-electron chi connectivity index (χ1n) is 6.36. The summed E-state index contributed by atoms with van der Waals surface area (Å²) in [6.07, 6.45) is 16.6. The van der Waals surface area contributed by atoms with Crippen molar-refractivity contribution in [2.45, 2.75) is 66.2 Å². The normalized spacial score (nSPS) is 13.1. The fourth-order valence-electron chi connectivity index (χ4n) is 1.47. The molecule has 15 heavy (non-hydrogen) atoms. The van der Waals surface area contributed by atoms with Crippen LogP contribution in [-0.4, -0.2) is 0 Å². The van der Waals surface area contributed by atoms with E-state index in [1.807, 2.05) is 0 Å². The SMILES string of the molecule is CC/C=C\C/C=C\CCCCC(C)(C)C. The van der Waals surface area contributed by atoms with E-state index in [1.54, 1.807) is 0 Å². The fourth-order valence-corrected chi connectivity index (χ4v) is 1.47. The molecule has 0 unspecified atom stereocenters.